The van der Waals surface area contributed by atoms with Gasteiger partial charge in [-0.2, -0.15) is 18.4 Å². The van der Waals surface area contributed by atoms with Gasteiger partial charge in [0.25, 0.3) is 5.56 Å². The van der Waals surface area contributed by atoms with Gasteiger partial charge in [0.2, 0.25) is 0 Å². The lowest BCUT2D eigenvalue weighted by molar-refractivity contribution is -0.136. The summed E-state index contributed by atoms with van der Waals surface area (Å²) in [5.41, 5.74) is -1.79. The lowest BCUT2D eigenvalue weighted by Gasteiger charge is -2.13. The van der Waals surface area contributed by atoms with Gasteiger partial charge in [0.05, 0.1) is 11.3 Å². The fourth-order valence-corrected chi connectivity index (χ4v) is 2.45. The van der Waals surface area contributed by atoms with Crippen LogP contribution in [0.1, 0.15) is 11.1 Å². The molecule has 1 N–H and O–H groups in total. The molecule has 0 radical (unpaired) electrons. The first kappa shape index (κ1) is 14.1. The van der Waals surface area contributed by atoms with Gasteiger partial charge in [-0.15, -0.1) is 0 Å². The highest BCUT2D eigenvalue weighted by Crippen LogP contribution is 2.36. The minimum absolute atomic E-state index is 0.0942. The Morgan fingerprint density at radius 3 is 2.60 bits per heavy atom. The van der Waals surface area contributed by atoms with Crippen LogP contribution < -0.4 is 10.9 Å². The summed E-state index contributed by atoms with van der Waals surface area (Å²) >= 11 is 0.883. The number of hydrogen-bond donors (Lipinski definition) is 1. The number of para-hydroxylation sites is 1. The number of nitrogens with zero attached hydrogens (tertiary/aromatic N) is 2. The predicted molar refractivity (Wildman–Crippen MR) is 69.0 cm³/mol. The summed E-state index contributed by atoms with van der Waals surface area (Å²) in [5, 5.41) is 11.5. The molecule has 0 aliphatic heterocycles. The van der Waals surface area contributed by atoms with Crippen molar-refractivity contribution in [3.63, 3.8) is 0 Å². The number of hydrogen-bond acceptors (Lipinski definition) is 4. The summed E-state index contributed by atoms with van der Waals surface area (Å²) < 4.78 is 39.7. The zero-order valence-electron chi connectivity index (χ0n) is 10.2. The van der Waals surface area contributed by atoms with Gasteiger partial charge in [-0.3, -0.25) is 8.75 Å². The predicted octanol–water partition coefficient (Wildman–Crippen LogP) is 3.08. The topological polar surface area (TPSA) is 57.8 Å². The summed E-state index contributed by atoms with van der Waals surface area (Å²) in [4.78, 5) is 11.6. The quantitative estimate of drug-likeness (QED) is 0.927. The van der Waals surface area contributed by atoms with Gasteiger partial charge in [-0.25, -0.2) is 0 Å². The molecule has 0 saturated heterocycles. The van der Waals surface area contributed by atoms with Crippen molar-refractivity contribution in [1.82, 2.24) is 3.96 Å². The fraction of sp³-hybridized carbons (Fsp3) is 0.167. The van der Waals surface area contributed by atoms with Gasteiger partial charge in [-0.05, 0) is 23.7 Å². The second-order valence-corrected chi connectivity index (χ2v) is 5.02. The summed E-state index contributed by atoms with van der Waals surface area (Å²) in [6.07, 6.45) is -4.52. The molecule has 1 aromatic heterocycles. The number of benzene rings is 1. The Hall–Kier alpha value is -2.27. The van der Waals surface area contributed by atoms with E-state index < -0.39 is 17.3 Å². The van der Waals surface area contributed by atoms with E-state index in [9.17, 15) is 18.0 Å². The Bertz CT molecular complexity index is 740. The van der Waals surface area contributed by atoms with Crippen molar-refractivity contribution in [3.8, 4) is 6.07 Å². The third-order valence-corrected chi connectivity index (χ3v) is 3.48. The molecule has 2 aromatic rings. The molecule has 0 atom stereocenters. The summed E-state index contributed by atoms with van der Waals surface area (Å²) in [5.74, 6) is 0. The van der Waals surface area contributed by atoms with E-state index in [4.69, 9.17) is 5.26 Å². The molecule has 0 fully saturated rings. The number of anilines is 2. The largest absolute Gasteiger partial charge is 0.418 e. The molecule has 8 heteroatoms. The number of halogens is 3. The molecular weight excluding hydrogens is 291 g/mol. The summed E-state index contributed by atoms with van der Waals surface area (Å²) in [6, 6.07) is 6.58. The van der Waals surface area contributed by atoms with Crippen LogP contribution in [0.3, 0.4) is 0 Å². The van der Waals surface area contributed by atoms with Crippen molar-refractivity contribution >= 4 is 22.2 Å². The highest BCUT2D eigenvalue weighted by atomic mass is 32.1. The number of nitriles is 1. The van der Waals surface area contributed by atoms with E-state index in [1.807, 2.05) is 0 Å². The number of aromatic nitrogens is 1. The fourth-order valence-electron chi connectivity index (χ4n) is 1.62. The number of aryl methyl sites for hydroxylation is 1. The maximum atomic E-state index is 12.8. The van der Waals surface area contributed by atoms with Crippen LogP contribution in [0.2, 0.25) is 0 Å². The van der Waals surface area contributed by atoms with Crippen LogP contribution in [0, 0.1) is 11.3 Å². The van der Waals surface area contributed by atoms with Crippen molar-refractivity contribution in [1.29, 1.82) is 5.26 Å². The first-order valence-electron chi connectivity index (χ1n) is 5.38. The summed E-state index contributed by atoms with van der Waals surface area (Å²) in [7, 11) is 1.44. The van der Waals surface area contributed by atoms with Crippen molar-refractivity contribution in [2.45, 2.75) is 6.18 Å². The lowest BCUT2D eigenvalue weighted by atomic mass is 10.1. The van der Waals surface area contributed by atoms with Gasteiger partial charge in [0, 0.05) is 7.05 Å². The molecule has 0 spiro atoms. The Labute approximate surface area is 115 Å². The van der Waals surface area contributed by atoms with Crippen molar-refractivity contribution in [3.05, 3.63) is 45.7 Å². The number of nitrogens with one attached hydrogen (secondary N) is 1. The molecule has 0 unspecified atom stereocenters. The van der Waals surface area contributed by atoms with Crippen molar-refractivity contribution in [2.24, 2.45) is 7.05 Å². The highest BCUT2D eigenvalue weighted by molar-refractivity contribution is 7.11. The van der Waals surface area contributed by atoms with E-state index in [-0.39, 0.29) is 16.3 Å². The van der Waals surface area contributed by atoms with E-state index in [1.54, 1.807) is 6.07 Å². The Morgan fingerprint density at radius 2 is 2.00 bits per heavy atom. The molecule has 20 heavy (non-hydrogen) atoms. The molecule has 0 aliphatic rings. The van der Waals surface area contributed by atoms with E-state index in [0.29, 0.717) is 0 Å². The highest BCUT2D eigenvalue weighted by Gasteiger charge is 2.33. The van der Waals surface area contributed by atoms with Crippen molar-refractivity contribution in [2.75, 3.05) is 5.32 Å². The van der Waals surface area contributed by atoms with Crippen LogP contribution in [0.15, 0.2) is 29.1 Å². The number of rotatable bonds is 2. The zero-order chi connectivity index (χ0) is 14.9. The van der Waals surface area contributed by atoms with E-state index in [2.05, 4.69) is 5.32 Å². The standard InChI is InChI=1S/C12H8F3N3OS/c1-18-11(19)7(6-16)10(20-18)17-9-5-3-2-4-8(9)12(13,14)15/h2-5,17H,1H3. The van der Waals surface area contributed by atoms with Gasteiger partial charge < -0.3 is 5.32 Å². The minimum Gasteiger partial charge on any atom is -0.344 e. The van der Waals surface area contributed by atoms with Crippen LogP contribution in [-0.2, 0) is 13.2 Å². The Morgan fingerprint density at radius 1 is 1.35 bits per heavy atom. The first-order chi connectivity index (χ1) is 9.34. The Balaban J connectivity index is 2.50. The molecule has 1 aromatic carbocycles. The van der Waals surface area contributed by atoms with Crippen LogP contribution in [0.25, 0.3) is 0 Å². The number of alkyl halides is 3. The molecule has 1 heterocycles. The van der Waals surface area contributed by atoms with E-state index in [1.165, 1.54) is 29.2 Å². The molecule has 0 saturated carbocycles. The molecule has 0 amide bonds. The minimum atomic E-state index is -4.52. The molecule has 2 rings (SSSR count). The second kappa shape index (κ2) is 5.02. The summed E-state index contributed by atoms with van der Waals surface area (Å²) in [6.45, 7) is 0. The van der Waals surface area contributed by atoms with Gasteiger partial charge in [0.1, 0.15) is 11.1 Å². The monoisotopic (exact) mass is 299 g/mol. The average Bonchev–Trinajstić information content (AvgIpc) is 2.64. The Kier molecular flexibility index (Phi) is 3.55. The maximum Gasteiger partial charge on any atom is 0.418 e. The zero-order valence-corrected chi connectivity index (χ0v) is 11.0. The lowest BCUT2D eigenvalue weighted by Crippen LogP contribution is -2.12. The van der Waals surface area contributed by atoms with Crippen LogP contribution in [0.5, 0.6) is 0 Å². The molecule has 4 nitrogen and oxygen atoms in total. The molecule has 0 bridgehead atoms. The van der Waals surface area contributed by atoms with Crippen LogP contribution in [0.4, 0.5) is 23.9 Å². The molecule has 104 valence electrons. The van der Waals surface area contributed by atoms with E-state index >= 15 is 0 Å². The van der Waals surface area contributed by atoms with Crippen molar-refractivity contribution < 1.29 is 13.2 Å². The molecule has 0 aliphatic carbocycles. The van der Waals surface area contributed by atoms with Crippen LogP contribution in [-0.4, -0.2) is 3.96 Å². The first-order valence-corrected chi connectivity index (χ1v) is 6.15. The second-order valence-electron chi connectivity index (χ2n) is 3.88. The van der Waals surface area contributed by atoms with E-state index in [0.717, 1.165) is 17.6 Å². The normalized spacial score (nSPS) is 11.2. The van der Waals surface area contributed by atoms with Crippen LogP contribution >= 0.6 is 11.5 Å². The SMILES string of the molecule is Cn1sc(Nc2ccccc2C(F)(F)F)c(C#N)c1=O. The van der Waals surface area contributed by atoms with Gasteiger partial charge in [-0.1, -0.05) is 12.1 Å². The molecular formula is C12H8F3N3OS. The maximum absolute atomic E-state index is 12.8. The third-order valence-electron chi connectivity index (χ3n) is 2.55. The van der Waals surface area contributed by atoms with Gasteiger partial charge in [0.15, 0.2) is 5.56 Å². The third kappa shape index (κ3) is 2.53. The average molecular weight is 299 g/mol. The smallest absolute Gasteiger partial charge is 0.344 e. The van der Waals surface area contributed by atoms with Gasteiger partial charge >= 0.3 is 6.18 Å².